The average Bonchev–Trinajstić information content (AvgIpc) is 3.00. The number of carbonyl (C=O) groups is 4. The summed E-state index contributed by atoms with van der Waals surface area (Å²) in [6.45, 7) is 0.0427. The lowest BCUT2D eigenvalue weighted by Crippen LogP contribution is -2.51. The van der Waals surface area contributed by atoms with Crippen LogP contribution < -0.4 is 20.3 Å². The predicted octanol–water partition coefficient (Wildman–Crippen LogP) is 0.539. The first-order chi connectivity index (χ1) is 14.0. The van der Waals surface area contributed by atoms with Crippen LogP contribution in [-0.4, -0.2) is 47.8 Å². The van der Waals surface area contributed by atoms with Crippen molar-refractivity contribution in [3.05, 3.63) is 24.3 Å². The van der Waals surface area contributed by atoms with Gasteiger partial charge in [0.05, 0.1) is 11.8 Å². The molecular formula is C20H23N3O6. The minimum atomic E-state index is -0.893. The molecule has 1 saturated heterocycles. The fraction of sp³-hybridized carbons (Fsp3) is 0.500. The van der Waals surface area contributed by atoms with E-state index in [-0.39, 0.29) is 43.2 Å². The highest BCUT2D eigenvalue weighted by Gasteiger charge is 2.47. The van der Waals surface area contributed by atoms with Crippen LogP contribution >= 0.6 is 0 Å². The number of amides is 4. The Balaban J connectivity index is 1.23. The Bertz CT molecular complexity index is 817. The third kappa shape index (κ3) is 3.90. The molecule has 29 heavy (non-hydrogen) atoms. The van der Waals surface area contributed by atoms with E-state index in [1.807, 2.05) is 0 Å². The van der Waals surface area contributed by atoms with Gasteiger partial charge in [0.1, 0.15) is 6.61 Å². The van der Waals surface area contributed by atoms with E-state index in [0.29, 0.717) is 11.5 Å². The molecule has 1 saturated carbocycles. The van der Waals surface area contributed by atoms with Gasteiger partial charge in [-0.15, -0.1) is 0 Å². The second kappa shape index (κ2) is 8.10. The van der Waals surface area contributed by atoms with E-state index in [2.05, 4.69) is 10.9 Å². The molecule has 1 aromatic rings. The van der Waals surface area contributed by atoms with Crippen molar-refractivity contribution in [1.29, 1.82) is 0 Å². The molecule has 0 aromatic heterocycles. The van der Waals surface area contributed by atoms with E-state index in [0.717, 1.165) is 25.7 Å². The zero-order chi connectivity index (χ0) is 20.4. The fourth-order valence-electron chi connectivity index (χ4n) is 4.09. The van der Waals surface area contributed by atoms with Gasteiger partial charge >= 0.3 is 0 Å². The predicted molar refractivity (Wildman–Crippen MR) is 99.4 cm³/mol. The Hall–Kier alpha value is -3.10. The molecule has 0 spiro atoms. The number of hydrogen-bond acceptors (Lipinski definition) is 6. The van der Waals surface area contributed by atoms with Crippen LogP contribution in [0.4, 0.5) is 0 Å². The van der Waals surface area contributed by atoms with Crippen molar-refractivity contribution in [2.24, 2.45) is 11.8 Å². The smallest absolute Gasteiger partial charge is 0.283 e. The maximum absolute atomic E-state index is 12.4. The molecule has 0 radical (unpaired) electrons. The highest BCUT2D eigenvalue weighted by molar-refractivity contribution is 6.05. The first-order valence-electron chi connectivity index (χ1n) is 9.87. The van der Waals surface area contributed by atoms with E-state index in [1.165, 1.54) is 4.90 Å². The molecule has 9 heteroatoms. The molecule has 4 amide bonds. The zero-order valence-corrected chi connectivity index (χ0v) is 15.9. The van der Waals surface area contributed by atoms with Gasteiger partial charge in [0, 0.05) is 13.0 Å². The van der Waals surface area contributed by atoms with Crippen molar-refractivity contribution >= 4 is 23.6 Å². The number of hydrogen-bond donors (Lipinski definition) is 2. The Morgan fingerprint density at radius 2 is 1.66 bits per heavy atom. The third-order valence-electron chi connectivity index (χ3n) is 5.62. The number of likely N-dealkylation sites (tertiary alicyclic amines) is 1. The molecule has 0 unspecified atom stereocenters. The van der Waals surface area contributed by atoms with Crippen LogP contribution in [0.5, 0.6) is 11.5 Å². The van der Waals surface area contributed by atoms with E-state index in [4.69, 9.17) is 9.47 Å². The number of hydrazine groups is 1. The second-order valence-corrected chi connectivity index (χ2v) is 7.48. The molecule has 4 rings (SSSR count). The first-order valence-corrected chi connectivity index (χ1v) is 9.87. The largest absolute Gasteiger partial charge is 0.485 e. The summed E-state index contributed by atoms with van der Waals surface area (Å²) in [5.41, 5.74) is 4.60. The molecule has 2 fully saturated rings. The molecule has 3 aliphatic rings. The maximum Gasteiger partial charge on any atom is 0.283 e. The van der Waals surface area contributed by atoms with Crippen LogP contribution in [0.3, 0.4) is 0 Å². The molecule has 2 aliphatic heterocycles. The summed E-state index contributed by atoms with van der Waals surface area (Å²) in [7, 11) is 0. The van der Waals surface area contributed by atoms with Gasteiger partial charge in [0.2, 0.25) is 23.8 Å². The van der Waals surface area contributed by atoms with Crippen molar-refractivity contribution in [3.63, 3.8) is 0 Å². The lowest BCUT2D eigenvalue weighted by atomic mass is 9.81. The second-order valence-electron chi connectivity index (χ2n) is 7.48. The molecule has 2 heterocycles. The van der Waals surface area contributed by atoms with E-state index in [9.17, 15) is 19.2 Å². The number of nitrogens with one attached hydrogen (secondary N) is 2. The number of imide groups is 1. The molecular weight excluding hydrogens is 378 g/mol. The number of nitrogens with zero attached hydrogens (tertiary/aromatic N) is 1. The van der Waals surface area contributed by atoms with Crippen molar-refractivity contribution in [3.8, 4) is 11.5 Å². The molecule has 9 nitrogen and oxygen atoms in total. The summed E-state index contributed by atoms with van der Waals surface area (Å²) in [6.07, 6.45) is 2.41. The molecule has 1 aliphatic carbocycles. The molecule has 3 atom stereocenters. The summed E-state index contributed by atoms with van der Waals surface area (Å²) in [5, 5.41) is 0. The van der Waals surface area contributed by atoms with Crippen molar-refractivity contribution < 1.29 is 28.7 Å². The van der Waals surface area contributed by atoms with Gasteiger partial charge in [-0.1, -0.05) is 25.0 Å². The summed E-state index contributed by atoms with van der Waals surface area (Å²) in [6, 6.07) is 6.99. The minimum Gasteiger partial charge on any atom is -0.485 e. The van der Waals surface area contributed by atoms with Crippen LogP contribution in [0, 0.1) is 11.8 Å². The van der Waals surface area contributed by atoms with Crippen LogP contribution in [0.25, 0.3) is 0 Å². The normalized spacial score (nSPS) is 25.4. The topological polar surface area (TPSA) is 114 Å². The lowest BCUT2D eigenvalue weighted by molar-refractivity contribution is -0.141. The van der Waals surface area contributed by atoms with Crippen molar-refractivity contribution in [2.45, 2.75) is 38.2 Å². The number of benzene rings is 1. The molecule has 154 valence electrons. The van der Waals surface area contributed by atoms with Crippen molar-refractivity contribution in [1.82, 2.24) is 15.8 Å². The van der Waals surface area contributed by atoms with Crippen LogP contribution in [0.15, 0.2) is 24.3 Å². The van der Waals surface area contributed by atoms with Gasteiger partial charge in [-0.3, -0.25) is 34.9 Å². The van der Waals surface area contributed by atoms with Gasteiger partial charge in [0.15, 0.2) is 11.5 Å². The summed E-state index contributed by atoms with van der Waals surface area (Å²) >= 11 is 0. The van der Waals surface area contributed by atoms with Crippen LogP contribution in [-0.2, 0) is 19.2 Å². The SMILES string of the molecule is O=C(CCN1C(=O)[C@H]2CCCC[C@H]2C1=O)NNC(=O)[C@@H]1COc2ccccc2O1. The van der Waals surface area contributed by atoms with E-state index >= 15 is 0 Å². The summed E-state index contributed by atoms with van der Waals surface area (Å²) < 4.78 is 11.0. The molecule has 0 bridgehead atoms. The number of carbonyl (C=O) groups excluding carboxylic acids is 4. The molecule has 2 N–H and O–H groups in total. The Morgan fingerprint density at radius 1 is 1.00 bits per heavy atom. The number of para-hydroxylation sites is 2. The summed E-state index contributed by atoms with van der Waals surface area (Å²) in [4.78, 5) is 50.3. The number of rotatable bonds is 4. The van der Waals surface area contributed by atoms with Crippen LogP contribution in [0.1, 0.15) is 32.1 Å². The van der Waals surface area contributed by atoms with E-state index < -0.39 is 17.9 Å². The maximum atomic E-state index is 12.4. The van der Waals surface area contributed by atoms with Crippen LogP contribution in [0.2, 0.25) is 0 Å². The Kier molecular flexibility index (Phi) is 5.37. The van der Waals surface area contributed by atoms with Gasteiger partial charge < -0.3 is 9.47 Å². The Labute approximate surface area is 167 Å². The number of ether oxygens (including phenoxy) is 2. The van der Waals surface area contributed by atoms with Gasteiger partial charge in [0.25, 0.3) is 5.91 Å². The quantitative estimate of drug-likeness (QED) is 0.562. The van der Waals surface area contributed by atoms with E-state index in [1.54, 1.807) is 24.3 Å². The third-order valence-corrected chi connectivity index (χ3v) is 5.62. The Morgan fingerprint density at radius 3 is 2.34 bits per heavy atom. The van der Waals surface area contributed by atoms with Gasteiger partial charge in [-0.05, 0) is 25.0 Å². The highest BCUT2D eigenvalue weighted by atomic mass is 16.6. The monoisotopic (exact) mass is 401 g/mol. The van der Waals surface area contributed by atoms with Gasteiger partial charge in [-0.25, -0.2) is 0 Å². The minimum absolute atomic E-state index is 0.0167. The van der Waals surface area contributed by atoms with Gasteiger partial charge in [-0.2, -0.15) is 0 Å². The molecule has 1 aromatic carbocycles. The lowest BCUT2D eigenvalue weighted by Gasteiger charge is -2.25. The zero-order valence-electron chi connectivity index (χ0n) is 15.9. The standard InChI is InChI=1S/C20H23N3O6/c24-17(9-10-23-19(26)12-5-1-2-6-13(12)20(23)27)21-22-18(25)16-11-28-14-7-3-4-8-15(14)29-16/h3-4,7-8,12-13,16H,1-2,5-6,9-11H2,(H,21,24)(H,22,25)/t12-,13+,16-/m0/s1. The number of fused-ring (bicyclic) bond motifs is 2. The van der Waals surface area contributed by atoms with Crippen molar-refractivity contribution in [2.75, 3.05) is 13.2 Å². The highest BCUT2D eigenvalue weighted by Crippen LogP contribution is 2.38. The average molecular weight is 401 g/mol. The summed E-state index contributed by atoms with van der Waals surface area (Å²) in [5.74, 6) is -0.849. The fourth-order valence-corrected chi connectivity index (χ4v) is 4.09. The first kappa shape index (κ1) is 19.2.